The highest BCUT2D eigenvalue weighted by molar-refractivity contribution is 5.77. The van der Waals surface area contributed by atoms with Crippen LogP contribution >= 0.6 is 0 Å². The van der Waals surface area contributed by atoms with Crippen LogP contribution in [0.1, 0.15) is 25.7 Å². The summed E-state index contributed by atoms with van der Waals surface area (Å²) < 4.78 is 5.09. The van der Waals surface area contributed by atoms with Gasteiger partial charge in [-0.1, -0.05) is 0 Å². The Morgan fingerprint density at radius 2 is 2.09 bits per heavy atom. The zero-order valence-electron chi connectivity index (χ0n) is 14.3. The van der Waals surface area contributed by atoms with Crippen molar-refractivity contribution in [2.45, 2.75) is 31.2 Å². The summed E-state index contributed by atoms with van der Waals surface area (Å²) in [4.78, 5) is 30.5. The average Bonchev–Trinajstić information content (AvgIpc) is 2.69. The summed E-state index contributed by atoms with van der Waals surface area (Å²) in [6, 6.07) is 0. The van der Waals surface area contributed by atoms with Gasteiger partial charge in [0.1, 0.15) is 0 Å². The molecule has 23 heavy (non-hydrogen) atoms. The van der Waals surface area contributed by atoms with E-state index in [1.165, 1.54) is 0 Å². The summed E-state index contributed by atoms with van der Waals surface area (Å²) in [5.74, 6) is 0.179. The maximum absolute atomic E-state index is 12.3. The Bertz CT molecular complexity index is 432. The lowest BCUT2D eigenvalue weighted by molar-refractivity contribution is -0.137. The van der Waals surface area contributed by atoms with E-state index < -0.39 is 0 Å². The summed E-state index contributed by atoms with van der Waals surface area (Å²) in [6.07, 6.45) is 2.32. The molecule has 0 bridgehead atoms. The molecule has 0 radical (unpaired) electrons. The Kier molecular flexibility index (Phi) is 6.38. The van der Waals surface area contributed by atoms with Crippen molar-refractivity contribution in [3.8, 4) is 0 Å². The molecule has 0 unspecified atom stereocenters. The van der Waals surface area contributed by atoms with E-state index in [0.717, 1.165) is 19.4 Å². The van der Waals surface area contributed by atoms with Gasteiger partial charge in [0.2, 0.25) is 11.8 Å². The second-order valence-corrected chi connectivity index (χ2v) is 6.56. The van der Waals surface area contributed by atoms with Gasteiger partial charge in [-0.2, -0.15) is 0 Å². The van der Waals surface area contributed by atoms with Gasteiger partial charge in [0, 0.05) is 58.2 Å². The smallest absolute Gasteiger partial charge is 0.224 e. The van der Waals surface area contributed by atoms with Crippen molar-refractivity contribution >= 4 is 11.8 Å². The third kappa shape index (κ3) is 4.22. The normalized spacial score (nSPS) is 26.7. The van der Waals surface area contributed by atoms with E-state index in [1.54, 1.807) is 7.11 Å². The number of rotatable bonds is 5. The molecule has 2 rings (SSSR count). The molecule has 132 valence electrons. The van der Waals surface area contributed by atoms with Gasteiger partial charge in [-0.05, 0) is 19.9 Å². The van der Waals surface area contributed by atoms with E-state index >= 15 is 0 Å². The van der Waals surface area contributed by atoms with Gasteiger partial charge in [0.25, 0.3) is 0 Å². The topological polar surface area (TPSA) is 73.3 Å². The molecule has 2 heterocycles. The fraction of sp³-hybridized carbons (Fsp3) is 0.875. The minimum absolute atomic E-state index is 0.00628. The lowest BCUT2D eigenvalue weighted by atomic mass is 9.86. The summed E-state index contributed by atoms with van der Waals surface area (Å²) in [5.41, 5.74) is -0.138. The van der Waals surface area contributed by atoms with E-state index in [4.69, 9.17) is 9.84 Å². The predicted molar refractivity (Wildman–Crippen MR) is 86.0 cm³/mol. The van der Waals surface area contributed by atoms with E-state index in [-0.39, 0.29) is 30.4 Å². The van der Waals surface area contributed by atoms with Gasteiger partial charge in [-0.15, -0.1) is 0 Å². The predicted octanol–water partition coefficient (Wildman–Crippen LogP) is -0.459. The first-order valence-corrected chi connectivity index (χ1v) is 8.39. The van der Waals surface area contributed by atoms with Crippen molar-refractivity contribution in [2.75, 3.05) is 60.1 Å². The third-order valence-electron chi connectivity index (χ3n) is 5.25. The number of hydrogen-bond donors (Lipinski definition) is 1. The van der Waals surface area contributed by atoms with Crippen LogP contribution in [0.5, 0.6) is 0 Å². The molecule has 2 aliphatic rings. The maximum atomic E-state index is 12.3. The molecule has 0 aromatic rings. The zero-order valence-corrected chi connectivity index (χ0v) is 14.3. The van der Waals surface area contributed by atoms with Gasteiger partial charge < -0.3 is 19.6 Å². The molecule has 2 fully saturated rings. The molecule has 0 aromatic heterocycles. The molecule has 0 aromatic carbocycles. The number of nitrogens with zero attached hydrogens (tertiary/aromatic N) is 3. The van der Waals surface area contributed by atoms with Crippen molar-refractivity contribution in [1.29, 1.82) is 0 Å². The number of likely N-dealkylation sites (N-methyl/N-ethyl adjacent to an activating group) is 1. The Morgan fingerprint density at radius 1 is 1.30 bits per heavy atom. The largest absolute Gasteiger partial charge is 0.396 e. The second kappa shape index (κ2) is 8.08. The second-order valence-electron chi connectivity index (χ2n) is 6.56. The fourth-order valence-electron chi connectivity index (χ4n) is 3.60. The molecule has 1 N–H and O–H groups in total. The Balaban J connectivity index is 2.06. The molecule has 0 saturated carbocycles. The van der Waals surface area contributed by atoms with Crippen LogP contribution in [-0.4, -0.2) is 97.3 Å². The molecule has 7 nitrogen and oxygen atoms in total. The van der Waals surface area contributed by atoms with E-state index in [0.29, 0.717) is 39.2 Å². The van der Waals surface area contributed by atoms with Crippen LogP contribution < -0.4 is 0 Å². The molecular weight excluding hydrogens is 298 g/mol. The number of carbonyl (C=O) groups excluding carboxylic acids is 2. The number of carbonyl (C=O) groups is 2. The molecule has 1 spiro atoms. The number of amides is 2. The van der Waals surface area contributed by atoms with Gasteiger partial charge in [0.15, 0.2) is 0 Å². The fourth-order valence-corrected chi connectivity index (χ4v) is 3.60. The van der Waals surface area contributed by atoms with Gasteiger partial charge in [-0.3, -0.25) is 14.5 Å². The van der Waals surface area contributed by atoms with Crippen molar-refractivity contribution in [2.24, 2.45) is 0 Å². The van der Waals surface area contributed by atoms with Gasteiger partial charge in [-0.25, -0.2) is 0 Å². The number of hydrogen-bond acceptors (Lipinski definition) is 5. The summed E-state index contributed by atoms with van der Waals surface area (Å²) >= 11 is 0. The van der Waals surface area contributed by atoms with Crippen LogP contribution in [0.4, 0.5) is 0 Å². The van der Waals surface area contributed by atoms with Crippen LogP contribution in [0.25, 0.3) is 0 Å². The Morgan fingerprint density at radius 3 is 2.78 bits per heavy atom. The highest BCUT2D eigenvalue weighted by atomic mass is 16.5. The number of methoxy groups -OCH3 is 1. The number of likely N-dealkylation sites (tertiary alicyclic amines) is 1. The van der Waals surface area contributed by atoms with Crippen LogP contribution in [0.2, 0.25) is 0 Å². The summed E-state index contributed by atoms with van der Waals surface area (Å²) in [7, 11) is 3.73. The standard InChI is InChI=1S/C16H29N3O4/c1-17-8-9-19(15(22)4-11-20)13-16(17)5-3-14(21)18(7-6-16)10-12-23-2/h20H,3-13H2,1-2H3/t16-/m0/s1. The van der Waals surface area contributed by atoms with Gasteiger partial charge in [0.05, 0.1) is 13.2 Å². The lowest BCUT2D eigenvalue weighted by Crippen LogP contribution is -2.62. The first-order chi connectivity index (χ1) is 11.0. The van der Waals surface area contributed by atoms with E-state index in [9.17, 15) is 9.59 Å². The third-order valence-corrected chi connectivity index (χ3v) is 5.25. The van der Waals surface area contributed by atoms with Crippen LogP contribution in [0.3, 0.4) is 0 Å². The highest BCUT2D eigenvalue weighted by Crippen LogP contribution is 2.32. The number of piperazine rings is 1. The SMILES string of the molecule is COCCN1CC[C@@]2(CCC1=O)CN(C(=O)CCO)CCN2C. The monoisotopic (exact) mass is 327 g/mol. The lowest BCUT2D eigenvalue weighted by Gasteiger charge is -2.49. The summed E-state index contributed by atoms with van der Waals surface area (Å²) in [6.45, 7) is 3.92. The molecule has 1 atom stereocenters. The first kappa shape index (κ1) is 18.2. The van der Waals surface area contributed by atoms with Crippen molar-refractivity contribution in [1.82, 2.24) is 14.7 Å². The molecular formula is C16H29N3O4. The number of ether oxygens (including phenoxy) is 1. The molecule has 2 aliphatic heterocycles. The minimum atomic E-state index is -0.138. The summed E-state index contributed by atoms with van der Waals surface area (Å²) in [5, 5.41) is 9.00. The maximum Gasteiger partial charge on any atom is 0.224 e. The van der Waals surface area contributed by atoms with Crippen molar-refractivity contribution in [3.63, 3.8) is 0 Å². The zero-order chi connectivity index (χ0) is 16.9. The molecule has 0 aliphatic carbocycles. The quantitative estimate of drug-likeness (QED) is 0.740. The highest BCUT2D eigenvalue weighted by Gasteiger charge is 2.43. The molecule has 7 heteroatoms. The van der Waals surface area contributed by atoms with Crippen LogP contribution in [0.15, 0.2) is 0 Å². The van der Waals surface area contributed by atoms with Gasteiger partial charge >= 0.3 is 0 Å². The number of aliphatic hydroxyl groups excluding tert-OH is 1. The van der Waals surface area contributed by atoms with Crippen molar-refractivity contribution in [3.05, 3.63) is 0 Å². The van der Waals surface area contributed by atoms with E-state index in [1.807, 2.05) is 9.80 Å². The van der Waals surface area contributed by atoms with Crippen molar-refractivity contribution < 1.29 is 19.4 Å². The Hall–Kier alpha value is -1.18. The Labute approximate surface area is 138 Å². The van der Waals surface area contributed by atoms with Crippen LogP contribution in [-0.2, 0) is 14.3 Å². The van der Waals surface area contributed by atoms with E-state index in [2.05, 4.69) is 11.9 Å². The average molecular weight is 327 g/mol. The first-order valence-electron chi connectivity index (χ1n) is 8.39. The number of aliphatic hydroxyl groups is 1. The molecule has 2 saturated heterocycles. The van der Waals surface area contributed by atoms with Crippen LogP contribution in [0, 0.1) is 0 Å². The molecule has 2 amide bonds. The minimum Gasteiger partial charge on any atom is -0.396 e.